The molecule has 11 heavy (non-hydrogen) atoms. The van der Waals surface area contributed by atoms with Gasteiger partial charge in [0, 0.05) is 0 Å². The zero-order valence-corrected chi connectivity index (χ0v) is 7.26. The molecule has 0 aromatic rings. The van der Waals surface area contributed by atoms with Gasteiger partial charge in [-0.1, -0.05) is 13.3 Å². The maximum Gasteiger partial charge on any atom is 0.108 e. The standard InChI is InChI=1S/C8H17NO2/c1-3-4-7-9-8(2,5-10)6-11-7/h7,9-10H,3-6H2,1-2H3. The SMILES string of the molecule is CCCC1NC(C)(CO)CO1. The van der Waals surface area contributed by atoms with E-state index in [1.54, 1.807) is 0 Å². The van der Waals surface area contributed by atoms with Crippen LogP contribution in [0.15, 0.2) is 0 Å². The van der Waals surface area contributed by atoms with E-state index in [0.29, 0.717) is 6.61 Å². The lowest BCUT2D eigenvalue weighted by Gasteiger charge is -2.19. The summed E-state index contributed by atoms with van der Waals surface area (Å²) in [5.41, 5.74) is -0.208. The van der Waals surface area contributed by atoms with Gasteiger partial charge >= 0.3 is 0 Å². The van der Waals surface area contributed by atoms with Crippen LogP contribution in [-0.4, -0.2) is 30.1 Å². The molecule has 2 N–H and O–H groups in total. The Morgan fingerprint density at radius 1 is 1.73 bits per heavy atom. The molecule has 0 aromatic carbocycles. The Morgan fingerprint density at radius 3 is 2.91 bits per heavy atom. The summed E-state index contributed by atoms with van der Waals surface area (Å²) in [6.45, 7) is 4.86. The second kappa shape index (κ2) is 3.52. The minimum Gasteiger partial charge on any atom is -0.394 e. The predicted molar refractivity (Wildman–Crippen MR) is 43.3 cm³/mol. The van der Waals surface area contributed by atoms with Crippen molar-refractivity contribution >= 4 is 0 Å². The summed E-state index contributed by atoms with van der Waals surface area (Å²) in [4.78, 5) is 0. The highest BCUT2D eigenvalue weighted by Crippen LogP contribution is 2.16. The minimum absolute atomic E-state index is 0.146. The van der Waals surface area contributed by atoms with Crippen molar-refractivity contribution in [2.24, 2.45) is 0 Å². The maximum atomic E-state index is 8.97. The molecule has 1 aliphatic rings. The normalized spacial score (nSPS) is 37.9. The lowest BCUT2D eigenvalue weighted by atomic mass is 10.1. The van der Waals surface area contributed by atoms with Gasteiger partial charge in [-0.25, -0.2) is 0 Å². The van der Waals surface area contributed by atoms with Crippen LogP contribution in [0.25, 0.3) is 0 Å². The van der Waals surface area contributed by atoms with Gasteiger partial charge in [0.1, 0.15) is 6.23 Å². The van der Waals surface area contributed by atoms with E-state index in [1.807, 2.05) is 6.92 Å². The van der Waals surface area contributed by atoms with Gasteiger partial charge in [-0.15, -0.1) is 0 Å². The highest BCUT2D eigenvalue weighted by molar-refractivity contribution is 4.88. The number of hydrogen-bond donors (Lipinski definition) is 2. The van der Waals surface area contributed by atoms with E-state index in [0.717, 1.165) is 12.8 Å². The van der Waals surface area contributed by atoms with Crippen LogP contribution in [0.1, 0.15) is 26.7 Å². The van der Waals surface area contributed by atoms with Crippen LogP contribution in [0, 0.1) is 0 Å². The molecule has 0 saturated carbocycles. The van der Waals surface area contributed by atoms with E-state index in [2.05, 4.69) is 12.2 Å². The van der Waals surface area contributed by atoms with Crippen LogP contribution in [-0.2, 0) is 4.74 Å². The van der Waals surface area contributed by atoms with Crippen molar-refractivity contribution < 1.29 is 9.84 Å². The van der Waals surface area contributed by atoms with Crippen molar-refractivity contribution in [2.75, 3.05) is 13.2 Å². The van der Waals surface area contributed by atoms with Gasteiger partial charge in [0.05, 0.1) is 18.8 Å². The third kappa shape index (κ3) is 2.15. The average molecular weight is 159 g/mol. The third-order valence-corrected chi connectivity index (χ3v) is 2.01. The van der Waals surface area contributed by atoms with Gasteiger partial charge in [0.15, 0.2) is 0 Å². The van der Waals surface area contributed by atoms with E-state index in [-0.39, 0.29) is 18.4 Å². The zero-order valence-electron chi connectivity index (χ0n) is 7.26. The van der Waals surface area contributed by atoms with Crippen LogP contribution in [0.3, 0.4) is 0 Å². The summed E-state index contributed by atoms with van der Waals surface area (Å²) >= 11 is 0. The van der Waals surface area contributed by atoms with Gasteiger partial charge in [0.25, 0.3) is 0 Å². The highest BCUT2D eigenvalue weighted by Gasteiger charge is 2.33. The largest absolute Gasteiger partial charge is 0.394 e. The van der Waals surface area contributed by atoms with E-state index >= 15 is 0 Å². The van der Waals surface area contributed by atoms with Crippen molar-refractivity contribution in [1.82, 2.24) is 5.32 Å². The third-order valence-electron chi connectivity index (χ3n) is 2.01. The summed E-state index contributed by atoms with van der Waals surface area (Å²) < 4.78 is 5.43. The molecule has 66 valence electrons. The van der Waals surface area contributed by atoms with Crippen LogP contribution in [0.4, 0.5) is 0 Å². The molecule has 0 radical (unpaired) electrons. The Hall–Kier alpha value is -0.120. The molecule has 0 aliphatic carbocycles. The summed E-state index contributed by atoms with van der Waals surface area (Å²) in [5, 5.41) is 12.2. The van der Waals surface area contributed by atoms with Crippen molar-refractivity contribution in [3.05, 3.63) is 0 Å². The van der Waals surface area contributed by atoms with Gasteiger partial charge in [0.2, 0.25) is 0 Å². The first-order chi connectivity index (χ1) is 5.20. The van der Waals surface area contributed by atoms with Crippen LogP contribution in [0.5, 0.6) is 0 Å². The Balaban J connectivity index is 2.33. The summed E-state index contributed by atoms with van der Waals surface area (Å²) in [6.07, 6.45) is 2.28. The molecule has 1 fully saturated rings. The first-order valence-corrected chi connectivity index (χ1v) is 4.20. The molecule has 0 bridgehead atoms. The molecule has 3 nitrogen and oxygen atoms in total. The molecule has 0 spiro atoms. The number of aliphatic hydroxyl groups is 1. The molecule has 2 unspecified atom stereocenters. The average Bonchev–Trinajstić information content (AvgIpc) is 2.35. The van der Waals surface area contributed by atoms with Crippen LogP contribution >= 0.6 is 0 Å². The Kier molecular flexibility index (Phi) is 2.87. The second-order valence-corrected chi connectivity index (χ2v) is 3.45. The van der Waals surface area contributed by atoms with Gasteiger partial charge in [-0.3, -0.25) is 5.32 Å². The quantitative estimate of drug-likeness (QED) is 0.629. The molecule has 1 saturated heterocycles. The number of ether oxygens (including phenoxy) is 1. The minimum atomic E-state index is -0.208. The van der Waals surface area contributed by atoms with Gasteiger partial charge in [-0.05, 0) is 13.3 Å². The predicted octanol–water partition coefficient (Wildman–Crippen LogP) is 0.483. The first-order valence-electron chi connectivity index (χ1n) is 4.20. The molecule has 0 aromatic heterocycles. The van der Waals surface area contributed by atoms with Crippen molar-refractivity contribution in [3.8, 4) is 0 Å². The number of aliphatic hydroxyl groups excluding tert-OH is 1. The zero-order chi connectivity index (χ0) is 8.32. The maximum absolute atomic E-state index is 8.97. The fraction of sp³-hybridized carbons (Fsp3) is 1.00. The summed E-state index contributed by atoms with van der Waals surface area (Å²) in [7, 11) is 0. The van der Waals surface area contributed by atoms with Crippen molar-refractivity contribution in [3.63, 3.8) is 0 Å². The number of rotatable bonds is 3. The van der Waals surface area contributed by atoms with Gasteiger partial charge < -0.3 is 9.84 Å². The monoisotopic (exact) mass is 159 g/mol. The van der Waals surface area contributed by atoms with E-state index < -0.39 is 0 Å². The van der Waals surface area contributed by atoms with Gasteiger partial charge in [-0.2, -0.15) is 0 Å². The van der Waals surface area contributed by atoms with Crippen LogP contribution < -0.4 is 5.32 Å². The second-order valence-electron chi connectivity index (χ2n) is 3.45. The molecular weight excluding hydrogens is 142 g/mol. The molecule has 0 amide bonds. The van der Waals surface area contributed by atoms with E-state index in [1.165, 1.54) is 0 Å². The Bertz CT molecular complexity index is 129. The Labute approximate surface area is 67.7 Å². The van der Waals surface area contributed by atoms with Crippen molar-refractivity contribution in [1.29, 1.82) is 0 Å². The summed E-state index contributed by atoms with van der Waals surface area (Å²) in [6, 6.07) is 0. The van der Waals surface area contributed by atoms with E-state index in [9.17, 15) is 0 Å². The van der Waals surface area contributed by atoms with Crippen molar-refractivity contribution in [2.45, 2.75) is 38.5 Å². The molecule has 2 atom stereocenters. The lowest BCUT2D eigenvalue weighted by Crippen LogP contribution is -2.45. The lowest BCUT2D eigenvalue weighted by molar-refractivity contribution is 0.0875. The Morgan fingerprint density at radius 2 is 2.45 bits per heavy atom. The first kappa shape index (κ1) is 8.97. The number of hydrogen-bond acceptors (Lipinski definition) is 3. The number of nitrogens with one attached hydrogen (secondary N) is 1. The fourth-order valence-electron chi connectivity index (χ4n) is 1.27. The highest BCUT2D eigenvalue weighted by atomic mass is 16.5. The molecule has 1 rings (SSSR count). The fourth-order valence-corrected chi connectivity index (χ4v) is 1.27. The topological polar surface area (TPSA) is 41.5 Å². The summed E-state index contributed by atoms with van der Waals surface area (Å²) in [5.74, 6) is 0. The molecule has 3 heteroatoms. The smallest absolute Gasteiger partial charge is 0.108 e. The van der Waals surface area contributed by atoms with Crippen LogP contribution in [0.2, 0.25) is 0 Å². The van der Waals surface area contributed by atoms with E-state index in [4.69, 9.17) is 9.84 Å². The molecular formula is C8H17NO2. The molecule has 1 heterocycles. The molecule has 1 aliphatic heterocycles.